The summed E-state index contributed by atoms with van der Waals surface area (Å²) in [7, 11) is 2.86. The van der Waals surface area contributed by atoms with Crippen LogP contribution in [0, 0.1) is 6.92 Å². The lowest BCUT2D eigenvalue weighted by atomic mass is 10.2. The third-order valence-corrected chi connectivity index (χ3v) is 3.93. The molecule has 1 aromatic carbocycles. The molecule has 0 saturated heterocycles. The fourth-order valence-electron chi connectivity index (χ4n) is 2.52. The number of aryl methyl sites for hydroxylation is 2. The molecule has 8 heteroatoms. The number of hydrogen-bond donors (Lipinski definition) is 2. The van der Waals surface area contributed by atoms with Gasteiger partial charge in [0.2, 0.25) is 0 Å². The van der Waals surface area contributed by atoms with Crippen LogP contribution in [-0.4, -0.2) is 25.1 Å². The molecule has 0 aliphatic heterocycles. The van der Waals surface area contributed by atoms with Crippen molar-refractivity contribution in [2.45, 2.75) is 6.92 Å². The summed E-state index contributed by atoms with van der Waals surface area (Å²) in [5.41, 5.74) is 0.258. The number of phenolic OH excluding ortho intramolecular Hbond substituents is 1. The molecule has 0 atom stereocenters. The minimum Gasteiger partial charge on any atom is -0.506 e. The van der Waals surface area contributed by atoms with Crippen LogP contribution in [0.15, 0.2) is 39.9 Å². The molecule has 0 aliphatic rings. The fourth-order valence-corrected chi connectivity index (χ4v) is 2.52. The van der Waals surface area contributed by atoms with Gasteiger partial charge in [0.1, 0.15) is 17.1 Å². The van der Waals surface area contributed by atoms with Crippen LogP contribution in [0.5, 0.6) is 5.75 Å². The highest BCUT2D eigenvalue weighted by atomic mass is 16.3. The van der Waals surface area contributed by atoms with Gasteiger partial charge in [0.15, 0.2) is 0 Å². The zero-order chi connectivity index (χ0) is 18.3. The molecule has 0 aliphatic carbocycles. The Hall–Kier alpha value is -3.42. The molecule has 128 valence electrons. The number of anilines is 1. The SMILES string of the molecule is Cc1ccc(O)c(NC(=O)c2ccc3c(=O)n(C)c(=O)n(C)c3n2)c1. The maximum atomic E-state index is 12.4. The predicted molar refractivity (Wildman–Crippen MR) is 93.0 cm³/mol. The van der Waals surface area contributed by atoms with Gasteiger partial charge in [-0.15, -0.1) is 0 Å². The van der Waals surface area contributed by atoms with E-state index in [1.807, 2.05) is 6.92 Å². The van der Waals surface area contributed by atoms with Crippen LogP contribution in [0.3, 0.4) is 0 Å². The summed E-state index contributed by atoms with van der Waals surface area (Å²) in [5.74, 6) is -0.628. The average Bonchev–Trinajstić information content (AvgIpc) is 2.60. The zero-order valence-corrected chi connectivity index (χ0v) is 13.9. The topological polar surface area (TPSA) is 106 Å². The second kappa shape index (κ2) is 5.90. The van der Waals surface area contributed by atoms with Crippen LogP contribution >= 0.6 is 0 Å². The monoisotopic (exact) mass is 340 g/mol. The Morgan fingerprint density at radius 2 is 1.84 bits per heavy atom. The Morgan fingerprint density at radius 3 is 2.56 bits per heavy atom. The number of pyridine rings is 1. The van der Waals surface area contributed by atoms with Gasteiger partial charge in [0, 0.05) is 14.1 Å². The molecule has 0 bridgehead atoms. The maximum Gasteiger partial charge on any atom is 0.332 e. The lowest BCUT2D eigenvalue weighted by molar-refractivity contribution is 0.102. The summed E-state index contributed by atoms with van der Waals surface area (Å²) < 4.78 is 2.19. The van der Waals surface area contributed by atoms with E-state index in [-0.39, 0.29) is 28.2 Å². The number of benzene rings is 1. The first-order valence-electron chi connectivity index (χ1n) is 7.47. The van der Waals surface area contributed by atoms with E-state index in [9.17, 15) is 19.5 Å². The summed E-state index contributed by atoms with van der Waals surface area (Å²) in [5, 5.41) is 12.6. The van der Waals surface area contributed by atoms with Crippen LogP contribution < -0.4 is 16.6 Å². The number of aromatic nitrogens is 3. The van der Waals surface area contributed by atoms with Crippen LogP contribution in [0.1, 0.15) is 16.1 Å². The van der Waals surface area contributed by atoms with E-state index >= 15 is 0 Å². The third-order valence-electron chi connectivity index (χ3n) is 3.93. The number of carbonyl (C=O) groups is 1. The molecule has 0 fully saturated rings. The van der Waals surface area contributed by atoms with Gasteiger partial charge in [0.05, 0.1) is 11.1 Å². The normalized spacial score (nSPS) is 10.8. The molecule has 2 aromatic heterocycles. The molecule has 0 spiro atoms. The second-order valence-electron chi connectivity index (χ2n) is 5.75. The first kappa shape index (κ1) is 16.4. The molecule has 3 rings (SSSR count). The molecule has 1 amide bonds. The molecule has 25 heavy (non-hydrogen) atoms. The molecular weight excluding hydrogens is 324 g/mol. The van der Waals surface area contributed by atoms with Gasteiger partial charge in [-0.05, 0) is 36.8 Å². The number of nitrogens with one attached hydrogen (secondary N) is 1. The first-order chi connectivity index (χ1) is 11.8. The Bertz CT molecular complexity index is 1130. The van der Waals surface area contributed by atoms with E-state index in [1.165, 1.54) is 36.9 Å². The van der Waals surface area contributed by atoms with Crippen molar-refractivity contribution < 1.29 is 9.90 Å². The van der Waals surface area contributed by atoms with Crippen molar-refractivity contribution in [3.63, 3.8) is 0 Å². The standard InChI is InChI=1S/C17H16N4O4/c1-9-4-7-13(22)12(8-9)19-15(23)11-6-5-10-14(18-11)20(2)17(25)21(3)16(10)24/h4-8,22H,1-3H3,(H,19,23). The minimum absolute atomic E-state index is 0.0247. The summed E-state index contributed by atoms with van der Waals surface area (Å²) >= 11 is 0. The summed E-state index contributed by atoms with van der Waals surface area (Å²) in [6, 6.07) is 7.67. The number of hydrogen-bond acceptors (Lipinski definition) is 5. The Balaban J connectivity index is 2.07. The number of phenols is 1. The number of nitrogens with zero attached hydrogens (tertiary/aromatic N) is 3. The number of rotatable bonds is 2. The molecule has 2 heterocycles. The Morgan fingerprint density at radius 1 is 1.12 bits per heavy atom. The molecule has 3 aromatic rings. The summed E-state index contributed by atoms with van der Waals surface area (Å²) in [6.45, 7) is 1.83. The number of carbonyl (C=O) groups excluding carboxylic acids is 1. The van der Waals surface area contributed by atoms with E-state index in [0.717, 1.165) is 10.1 Å². The summed E-state index contributed by atoms with van der Waals surface area (Å²) in [4.78, 5) is 40.7. The fraction of sp³-hybridized carbons (Fsp3) is 0.176. The average molecular weight is 340 g/mol. The van der Waals surface area contributed by atoms with Crippen molar-refractivity contribution in [2.75, 3.05) is 5.32 Å². The van der Waals surface area contributed by atoms with Gasteiger partial charge in [0.25, 0.3) is 11.5 Å². The predicted octanol–water partition coefficient (Wildman–Crippen LogP) is 0.899. The molecular formula is C17H16N4O4. The van der Waals surface area contributed by atoms with Crippen molar-refractivity contribution in [1.29, 1.82) is 0 Å². The molecule has 0 unspecified atom stereocenters. The maximum absolute atomic E-state index is 12.4. The van der Waals surface area contributed by atoms with Crippen molar-refractivity contribution in [2.24, 2.45) is 14.1 Å². The van der Waals surface area contributed by atoms with Crippen LogP contribution in [0.2, 0.25) is 0 Å². The van der Waals surface area contributed by atoms with Crippen molar-refractivity contribution in [3.8, 4) is 5.75 Å². The van der Waals surface area contributed by atoms with Gasteiger partial charge >= 0.3 is 5.69 Å². The van der Waals surface area contributed by atoms with E-state index in [0.29, 0.717) is 0 Å². The lowest BCUT2D eigenvalue weighted by Crippen LogP contribution is -2.37. The molecule has 0 saturated carbocycles. The highest BCUT2D eigenvalue weighted by Gasteiger charge is 2.15. The largest absolute Gasteiger partial charge is 0.506 e. The minimum atomic E-state index is -0.559. The van der Waals surface area contributed by atoms with Crippen molar-refractivity contribution >= 4 is 22.6 Å². The zero-order valence-electron chi connectivity index (χ0n) is 13.9. The lowest BCUT2D eigenvalue weighted by Gasteiger charge is -2.10. The second-order valence-corrected chi connectivity index (χ2v) is 5.75. The van der Waals surface area contributed by atoms with E-state index in [1.54, 1.807) is 12.1 Å². The molecule has 8 nitrogen and oxygen atoms in total. The van der Waals surface area contributed by atoms with Crippen LogP contribution in [-0.2, 0) is 14.1 Å². The van der Waals surface area contributed by atoms with Crippen molar-refractivity contribution in [1.82, 2.24) is 14.1 Å². The smallest absolute Gasteiger partial charge is 0.332 e. The third kappa shape index (κ3) is 2.78. The highest BCUT2D eigenvalue weighted by molar-refractivity contribution is 6.04. The number of aromatic hydroxyl groups is 1. The van der Waals surface area contributed by atoms with E-state index < -0.39 is 17.2 Å². The van der Waals surface area contributed by atoms with Gasteiger partial charge < -0.3 is 10.4 Å². The Labute approximate surface area is 142 Å². The van der Waals surface area contributed by atoms with Crippen LogP contribution in [0.4, 0.5) is 5.69 Å². The molecule has 2 N–H and O–H groups in total. The van der Waals surface area contributed by atoms with E-state index in [4.69, 9.17) is 0 Å². The van der Waals surface area contributed by atoms with Gasteiger partial charge in [-0.3, -0.25) is 18.7 Å². The quantitative estimate of drug-likeness (QED) is 0.674. The van der Waals surface area contributed by atoms with Gasteiger partial charge in [-0.25, -0.2) is 9.78 Å². The van der Waals surface area contributed by atoms with E-state index in [2.05, 4.69) is 10.3 Å². The number of fused-ring (bicyclic) bond motifs is 1. The Kier molecular flexibility index (Phi) is 3.88. The van der Waals surface area contributed by atoms with Crippen molar-refractivity contribution in [3.05, 3.63) is 62.4 Å². The number of amides is 1. The summed E-state index contributed by atoms with van der Waals surface area (Å²) in [6.07, 6.45) is 0. The highest BCUT2D eigenvalue weighted by Crippen LogP contribution is 2.24. The van der Waals surface area contributed by atoms with Gasteiger partial charge in [-0.2, -0.15) is 0 Å². The van der Waals surface area contributed by atoms with Crippen LogP contribution in [0.25, 0.3) is 11.0 Å². The first-order valence-corrected chi connectivity index (χ1v) is 7.47. The molecule has 0 radical (unpaired) electrons. The van der Waals surface area contributed by atoms with Gasteiger partial charge in [-0.1, -0.05) is 6.07 Å².